The number of nitrogens with zero attached hydrogens (tertiary/aromatic N) is 3. The summed E-state index contributed by atoms with van der Waals surface area (Å²) in [5.74, 6) is 0.662. The molecule has 24 heavy (non-hydrogen) atoms. The lowest BCUT2D eigenvalue weighted by atomic mass is 9.96. The molecule has 1 amide bonds. The number of benzene rings is 1. The minimum absolute atomic E-state index is 0.00791. The van der Waals surface area contributed by atoms with E-state index in [1.807, 2.05) is 30.3 Å². The van der Waals surface area contributed by atoms with Gasteiger partial charge in [0.25, 0.3) is 5.91 Å². The Morgan fingerprint density at radius 3 is 2.71 bits per heavy atom. The Kier molecular flexibility index (Phi) is 5.08. The van der Waals surface area contributed by atoms with Gasteiger partial charge in [0.2, 0.25) is 5.95 Å². The first-order valence-corrected chi connectivity index (χ1v) is 8.55. The summed E-state index contributed by atoms with van der Waals surface area (Å²) in [5, 5.41) is 3.45. The molecule has 1 aliphatic rings. The Morgan fingerprint density at radius 1 is 1.17 bits per heavy atom. The fourth-order valence-corrected chi connectivity index (χ4v) is 3.09. The van der Waals surface area contributed by atoms with E-state index in [4.69, 9.17) is 0 Å². The van der Waals surface area contributed by atoms with Crippen LogP contribution in [0.2, 0.25) is 0 Å². The highest BCUT2D eigenvalue weighted by atomic mass is 16.2. The summed E-state index contributed by atoms with van der Waals surface area (Å²) < 4.78 is 0. The van der Waals surface area contributed by atoms with E-state index in [9.17, 15) is 4.79 Å². The second kappa shape index (κ2) is 7.43. The maximum atomic E-state index is 12.1. The Balaban J connectivity index is 1.80. The number of aromatic nitrogens is 2. The molecule has 1 heterocycles. The lowest BCUT2D eigenvalue weighted by Crippen LogP contribution is -2.23. The smallest absolute Gasteiger partial charge is 0.253 e. The Morgan fingerprint density at radius 2 is 1.96 bits per heavy atom. The van der Waals surface area contributed by atoms with Crippen LogP contribution in [0.5, 0.6) is 0 Å². The lowest BCUT2D eigenvalue weighted by molar-refractivity contribution is 0.0827. The zero-order valence-corrected chi connectivity index (χ0v) is 14.3. The van der Waals surface area contributed by atoms with Crippen molar-refractivity contribution in [3.63, 3.8) is 0 Å². The fourth-order valence-electron chi connectivity index (χ4n) is 3.09. The van der Waals surface area contributed by atoms with Gasteiger partial charge in [-0.15, -0.1) is 0 Å². The second-order valence-corrected chi connectivity index (χ2v) is 6.53. The SMILES string of the molecule is CN(C)C(=O)c1cccc(-c2ccnc(NC3CCCCC3)n2)c1. The molecule has 1 aromatic carbocycles. The number of hydrogen-bond donors (Lipinski definition) is 1. The van der Waals surface area contributed by atoms with Gasteiger partial charge in [0.1, 0.15) is 0 Å². The van der Waals surface area contributed by atoms with Crippen molar-refractivity contribution in [2.75, 3.05) is 19.4 Å². The Bertz CT molecular complexity index is 708. The van der Waals surface area contributed by atoms with Crippen LogP contribution >= 0.6 is 0 Å². The van der Waals surface area contributed by atoms with Crippen LogP contribution in [-0.2, 0) is 0 Å². The van der Waals surface area contributed by atoms with Crippen molar-refractivity contribution in [3.8, 4) is 11.3 Å². The van der Waals surface area contributed by atoms with E-state index in [2.05, 4.69) is 15.3 Å². The summed E-state index contributed by atoms with van der Waals surface area (Å²) in [6, 6.07) is 9.92. The largest absolute Gasteiger partial charge is 0.351 e. The summed E-state index contributed by atoms with van der Waals surface area (Å²) in [7, 11) is 3.51. The van der Waals surface area contributed by atoms with Crippen molar-refractivity contribution < 1.29 is 4.79 Å². The molecular weight excluding hydrogens is 300 g/mol. The van der Waals surface area contributed by atoms with E-state index in [0.717, 1.165) is 11.3 Å². The number of anilines is 1. The van der Waals surface area contributed by atoms with Crippen LogP contribution in [0, 0.1) is 0 Å². The molecular formula is C19H24N4O. The van der Waals surface area contributed by atoms with Crippen LogP contribution in [0.25, 0.3) is 11.3 Å². The molecule has 2 aromatic rings. The summed E-state index contributed by atoms with van der Waals surface area (Å²) in [5.41, 5.74) is 2.42. The van der Waals surface area contributed by atoms with Crippen LogP contribution in [0.15, 0.2) is 36.5 Å². The van der Waals surface area contributed by atoms with Crippen LogP contribution in [0.4, 0.5) is 5.95 Å². The Labute approximate surface area is 143 Å². The van der Waals surface area contributed by atoms with Gasteiger partial charge in [-0.1, -0.05) is 31.4 Å². The van der Waals surface area contributed by atoms with Crippen molar-refractivity contribution in [2.45, 2.75) is 38.1 Å². The van der Waals surface area contributed by atoms with Crippen molar-refractivity contribution in [3.05, 3.63) is 42.1 Å². The molecule has 1 aromatic heterocycles. The first kappa shape index (κ1) is 16.4. The first-order chi connectivity index (χ1) is 11.6. The number of carbonyl (C=O) groups is 1. The van der Waals surface area contributed by atoms with E-state index in [1.165, 1.54) is 32.1 Å². The van der Waals surface area contributed by atoms with Gasteiger partial charge in [0.05, 0.1) is 5.69 Å². The van der Waals surface area contributed by atoms with Gasteiger partial charge in [-0.25, -0.2) is 9.97 Å². The summed E-state index contributed by atoms with van der Waals surface area (Å²) in [6.07, 6.45) is 8.00. The second-order valence-electron chi connectivity index (χ2n) is 6.53. The first-order valence-electron chi connectivity index (χ1n) is 8.55. The molecule has 0 spiro atoms. The van der Waals surface area contributed by atoms with Crippen molar-refractivity contribution in [1.29, 1.82) is 0 Å². The molecule has 0 atom stereocenters. The molecule has 5 heteroatoms. The van der Waals surface area contributed by atoms with E-state index < -0.39 is 0 Å². The average molecular weight is 324 g/mol. The van der Waals surface area contributed by atoms with Crippen LogP contribution in [0.3, 0.4) is 0 Å². The van der Waals surface area contributed by atoms with Crippen molar-refractivity contribution in [2.24, 2.45) is 0 Å². The predicted octanol–water partition coefficient (Wildman–Crippen LogP) is 3.59. The summed E-state index contributed by atoms with van der Waals surface area (Å²) in [6.45, 7) is 0. The van der Waals surface area contributed by atoms with Crippen LogP contribution in [0.1, 0.15) is 42.5 Å². The monoisotopic (exact) mass is 324 g/mol. The summed E-state index contributed by atoms with van der Waals surface area (Å²) in [4.78, 5) is 22.7. The average Bonchev–Trinajstić information content (AvgIpc) is 2.62. The quantitative estimate of drug-likeness (QED) is 0.934. The van der Waals surface area contributed by atoms with Crippen molar-refractivity contribution >= 4 is 11.9 Å². The third-order valence-electron chi connectivity index (χ3n) is 4.41. The number of carbonyl (C=O) groups excluding carboxylic acids is 1. The Hall–Kier alpha value is -2.43. The predicted molar refractivity (Wildman–Crippen MR) is 96.0 cm³/mol. The minimum atomic E-state index is -0.00791. The molecule has 1 N–H and O–H groups in total. The van der Waals surface area contributed by atoms with E-state index in [1.54, 1.807) is 25.2 Å². The van der Waals surface area contributed by atoms with Gasteiger partial charge in [-0.3, -0.25) is 4.79 Å². The van der Waals surface area contributed by atoms with Gasteiger partial charge in [-0.2, -0.15) is 0 Å². The maximum Gasteiger partial charge on any atom is 0.253 e. The molecule has 1 saturated carbocycles. The third-order valence-corrected chi connectivity index (χ3v) is 4.41. The zero-order chi connectivity index (χ0) is 16.9. The maximum absolute atomic E-state index is 12.1. The zero-order valence-electron chi connectivity index (χ0n) is 14.3. The minimum Gasteiger partial charge on any atom is -0.351 e. The molecule has 1 aliphatic carbocycles. The van der Waals surface area contributed by atoms with Gasteiger partial charge < -0.3 is 10.2 Å². The van der Waals surface area contributed by atoms with E-state index in [0.29, 0.717) is 17.6 Å². The molecule has 0 bridgehead atoms. The van der Waals surface area contributed by atoms with Gasteiger partial charge in [-0.05, 0) is 31.0 Å². The number of nitrogens with one attached hydrogen (secondary N) is 1. The normalized spacial score (nSPS) is 15.1. The highest BCUT2D eigenvalue weighted by molar-refractivity contribution is 5.95. The van der Waals surface area contributed by atoms with E-state index >= 15 is 0 Å². The molecule has 0 radical (unpaired) electrons. The topological polar surface area (TPSA) is 58.1 Å². The highest BCUT2D eigenvalue weighted by Gasteiger charge is 2.15. The number of hydrogen-bond acceptors (Lipinski definition) is 4. The molecule has 0 aliphatic heterocycles. The van der Waals surface area contributed by atoms with Gasteiger partial charge in [0.15, 0.2) is 0 Å². The molecule has 0 saturated heterocycles. The lowest BCUT2D eigenvalue weighted by Gasteiger charge is -2.22. The third kappa shape index (κ3) is 3.91. The van der Waals surface area contributed by atoms with Gasteiger partial charge >= 0.3 is 0 Å². The van der Waals surface area contributed by atoms with Crippen LogP contribution in [-0.4, -0.2) is 40.9 Å². The van der Waals surface area contributed by atoms with Crippen LogP contribution < -0.4 is 5.32 Å². The van der Waals surface area contributed by atoms with Crippen molar-refractivity contribution in [1.82, 2.24) is 14.9 Å². The number of amides is 1. The summed E-state index contributed by atoms with van der Waals surface area (Å²) >= 11 is 0. The van der Waals surface area contributed by atoms with E-state index in [-0.39, 0.29) is 5.91 Å². The molecule has 1 fully saturated rings. The molecule has 3 rings (SSSR count). The standard InChI is InChI=1S/C19H24N4O/c1-23(2)18(24)15-8-6-7-14(13-15)17-11-12-20-19(22-17)21-16-9-4-3-5-10-16/h6-8,11-13,16H,3-5,9-10H2,1-2H3,(H,20,21,22). The number of rotatable bonds is 4. The fraction of sp³-hybridized carbons (Fsp3) is 0.421. The van der Waals surface area contributed by atoms with Gasteiger partial charge in [0, 0.05) is 37.5 Å². The molecule has 5 nitrogen and oxygen atoms in total. The highest BCUT2D eigenvalue weighted by Crippen LogP contribution is 2.23. The molecule has 0 unspecified atom stereocenters. The molecule has 126 valence electrons.